The number of rotatable bonds is 8. The fourth-order valence-corrected chi connectivity index (χ4v) is 4.74. The van der Waals surface area contributed by atoms with E-state index in [0.717, 1.165) is 25.7 Å². The van der Waals surface area contributed by atoms with Crippen LogP contribution in [0.1, 0.15) is 39.5 Å². The Morgan fingerprint density at radius 2 is 1.76 bits per heavy atom. The Morgan fingerprint density at radius 1 is 1.18 bits per heavy atom. The summed E-state index contributed by atoms with van der Waals surface area (Å²) >= 11 is 6.93. The van der Waals surface area contributed by atoms with Gasteiger partial charge < -0.3 is 4.52 Å². The van der Waals surface area contributed by atoms with Crippen LogP contribution in [0.5, 0.6) is 0 Å². The number of hydrogen-bond donors (Lipinski definition) is 0. The molecule has 1 rings (SSSR count). The zero-order valence-corrected chi connectivity index (χ0v) is 13.3. The predicted octanol–water partition coefficient (Wildman–Crippen LogP) is 4.88. The Labute approximate surface area is 115 Å². The smallest absolute Gasteiger partial charge is 0.122 e. The van der Waals surface area contributed by atoms with E-state index < -0.39 is 0 Å². The van der Waals surface area contributed by atoms with Gasteiger partial charge in [0, 0.05) is 12.5 Å². The molecule has 1 aromatic carbocycles. The first-order valence-corrected chi connectivity index (χ1v) is 9.29. The first kappa shape index (κ1) is 15.2. The van der Waals surface area contributed by atoms with Crippen molar-refractivity contribution in [2.75, 3.05) is 0 Å². The lowest BCUT2D eigenvalue weighted by atomic mass is 10.1. The van der Waals surface area contributed by atoms with E-state index in [4.69, 9.17) is 16.3 Å². The van der Waals surface area contributed by atoms with Gasteiger partial charge in [-0.1, -0.05) is 68.5 Å². The molecule has 0 radical (unpaired) electrons. The summed E-state index contributed by atoms with van der Waals surface area (Å²) in [4.78, 5) is 1.18. The predicted molar refractivity (Wildman–Crippen MR) is 83.0 cm³/mol. The van der Waals surface area contributed by atoms with Gasteiger partial charge in [-0.15, -0.1) is 0 Å². The van der Waals surface area contributed by atoms with Gasteiger partial charge in [-0.2, -0.15) is 0 Å². The van der Waals surface area contributed by atoms with E-state index in [0.29, 0.717) is 0 Å². The van der Waals surface area contributed by atoms with E-state index in [1.54, 1.807) is 0 Å². The maximum absolute atomic E-state index is 5.98. The molecular formula is C13H21OPS2. The highest BCUT2D eigenvalue weighted by atomic mass is 32.4. The molecule has 1 unspecified atom stereocenters. The van der Waals surface area contributed by atoms with Crippen LogP contribution < -0.4 is 0 Å². The minimum absolute atomic E-state index is 0.0953. The third kappa shape index (κ3) is 5.13. The molecule has 4 heteroatoms. The zero-order chi connectivity index (χ0) is 12.6. The van der Waals surface area contributed by atoms with Crippen LogP contribution >= 0.6 is 19.3 Å². The summed E-state index contributed by atoms with van der Waals surface area (Å²) < 4.78 is 5.98. The molecule has 0 heterocycles. The third-order valence-electron chi connectivity index (χ3n) is 2.57. The minimum atomic E-state index is -0.321. The largest absolute Gasteiger partial charge is 0.339 e. The molecule has 0 aromatic heterocycles. The lowest BCUT2D eigenvalue weighted by Crippen LogP contribution is -2.24. The summed E-state index contributed by atoms with van der Waals surface area (Å²) in [7, 11) is -0.321. The molecule has 0 aliphatic rings. The molecule has 17 heavy (non-hydrogen) atoms. The monoisotopic (exact) mass is 288 g/mol. The van der Waals surface area contributed by atoms with Crippen LogP contribution in [0.25, 0.3) is 0 Å². The van der Waals surface area contributed by atoms with Gasteiger partial charge in [-0.25, -0.2) is 0 Å². The van der Waals surface area contributed by atoms with Crippen molar-refractivity contribution in [3.8, 4) is 0 Å². The molecule has 0 fully saturated rings. The fourth-order valence-electron chi connectivity index (χ4n) is 1.92. The SMILES string of the molecule is CCCC(CCC)(O[PH2]=S)Sc1ccccc1. The lowest BCUT2D eigenvalue weighted by molar-refractivity contribution is 0.172. The molecule has 1 aromatic rings. The third-order valence-corrected chi connectivity index (χ3v) is 4.96. The van der Waals surface area contributed by atoms with E-state index in [1.807, 2.05) is 17.8 Å². The van der Waals surface area contributed by atoms with Gasteiger partial charge in [0.15, 0.2) is 0 Å². The summed E-state index contributed by atoms with van der Waals surface area (Å²) in [6.45, 7) is 4.41. The standard InChI is InChI=1S/C13H21OPS2/c1-3-10-13(11-4-2,14-15-16)17-12-8-6-5-7-9-12/h5-9H,3-4,10-11,15H2,1-2H3. The van der Waals surface area contributed by atoms with Crippen LogP contribution in [0, 0.1) is 0 Å². The lowest BCUT2D eigenvalue weighted by Gasteiger charge is -2.31. The van der Waals surface area contributed by atoms with Crippen LogP contribution in [-0.4, -0.2) is 4.93 Å². The van der Waals surface area contributed by atoms with E-state index in [-0.39, 0.29) is 12.5 Å². The molecule has 0 amide bonds. The van der Waals surface area contributed by atoms with Gasteiger partial charge in [0.05, 0.1) is 0 Å². The number of thioether (sulfide) groups is 1. The van der Waals surface area contributed by atoms with Crippen molar-refractivity contribution >= 4 is 31.2 Å². The van der Waals surface area contributed by atoms with Gasteiger partial charge >= 0.3 is 0 Å². The quantitative estimate of drug-likeness (QED) is 0.383. The van der Waals surface area contributed by atoms with Gasteiger partial charge in [-0.05, 0) is 25.0 Å². The average Bonchev–Trinajstić information content (AvgIpc) is 2.31. The minimum Gasteiger partial charge on any atom is -0.339 e. The summed E-state index contributed by atoms with van der Waals surface area (Å²) in [5, 5.41) is 0. The Balaban J connectivity index is 2.83. The van der Waals surface area contributed by atoms with E-state index in [1.165, 1.54) is 4.90 Å². The molecule has 1 atom stereocenters. The summed E-state index contributed by atoms with van der Waals surface area (Å²) in [5.41, 5.74) is 0. The molecule has 0 saturated heterocycles. The molecular weight excluding hydrogens is 267 g/mol. The molecule has 0 spiro atoms. The highest BCUT2D eigenvalue weighted by molar-refractivity contribution is 8.01. The maximum atomic E-state index is 5.98. The Bertz CT molecular complexity index is 323. The molecule has 0 saturated carbocycles. The molecule has 0 aliphatic heterocycles. The summed E-state index contributed by atoms with van der Waals surface area (Å²) in [5.74, 6) is 0. The second kappa shape index (κ2) is 8.31. The first-order valence-electron chi connectivity index (χ1n) is 6.12. The highest BCUT2D eigenvalue weighted by Crippen LogP contribution is 2.43. The number of benzene rings is 1. The number of hydrogen-bond acceptors (Lipinski definition) is 3. The van der Waals surface area contributed by atoms with Crippen LogP contribution in [0.2, 0.25) is 0 Å². The average molecular weight is 288 g/mol. The van der Waals surface area contributed by atoms with Crippen molar-refractivity contribution in [2.24, 2.45) is 0 Å². The van der Waals surface area contributed by atoms with Gasteiger partial charge in [0.2, 0.25) is 0 Å². The van der Waals surface area contributed by atoms with E-state index in [2.05, 4.69) is 38.1 Å². The van der Waals surface area contributed by atoms with Crippen LogP contribution in [-0.2, 0) is 16.3 Å². The van der Waals surface area contributed by atoms with Crippen molar-refractivity contribution in [1.82, 2.24) is 0 Å². The van der Waals surface area contributed by atoms with Crippen LogP contribution in [0.4, 0.5) is 0 Å². The van der Waals surface area contributed by atoms with Crippen LogP contribution in [0.3, 0.4) is 0 Å². The Morgan fingerprint density at radius 3 is 2.24 bits per heavy atom. The van der Waals surface area contributed by atoms with Crippen molar-refractivity contribution in [3.63, 3.8) is 0 Å². The molecule has 0 aliphatic carbocycles. The maximum Gasteiger partial charge on any atom is 0.122 e. The molecule has 1 nitrogen and oxygen atoms in total. The van der Waals surface area contributed by atoms with Crippen molar-refractivity contribution in [1.29, 1.82) is 0 Å². The van der Waals surface area contributed by atoms with Gasteiger partial charge in [0.25, 0.3) is 0 Å². The summed E-state index contributed by atoms with van der Waals surface area (Å²) in [6, 6.07) is 10.5. The van der Waals surface area contributed by atoms with Crippen molar-refractivity contribution in [2.45, 2.75) is 49.4 Å². The molecule has 96 valence electrons. The highest BCUT2D eigenvalue weighted by Gasteiger charge is 2.29. The van der Waals surface area contributed by atoms with Crippen LogP contribution in [0.15, 0.2) is 35.2 Å². The second-order valence-corrected chi connectivity index (χ2v) is 6.46. The Kier molecular flexibility index (Phi) is 7.45. The van der Waals surface area contributed by atoms with E-state index >= 15 is 0 Å². The van der Waals surface area contributed by atoms with Crippen molar-refractivity contribution in [3.05, 3.63) is 30.3 Å². The molecule has 0 N–H and O–H groups in total. The zero-order valence-electron chi connectivity index (χ0n) is 10.5. The van der Waals surface area contributed by atoms with Crippen molar-refractivity contribution < 1.29 is 4.52 Å². The second-order valence-electron chi connectivity index (χ2n) is 4.04. The normalized spacial score (nSPS) is 12.4. The van der Waals surface area contributed by atoms with Gasteiger partial charge in [-0.3, -0.25) is 0 Å². The van der Waals surface area contributed by atoms with Gasteiger partial charge in [0.1, 0.15) is 4.93 Å². The Hall–Kier alpha value is 0.180. The fraction of sp³-hybridized carbons (Fsp3) is 0.538. The molecule has 0 bridgehead atoms. The first-order chi connectivity index (χ1) is 8.26. The van der Waals surface area contributed by atoms with E-state index in [9.17, 15) is 0 Å². The summed E-state index contributed by atoms with van der Waals surface area (Å²) in [6.07, 6.45) is 4.41. The topological polar surface area (TPSA) is 9.23 Å².